The van der Waals surface area contributed by atoms with Crippen LogP contribution in [0.3, 0.4) is 0 Å². The molecule has 36 heavy (non-hydrogen) atoms. The number of amides is 1. The van der Waals surface area contributed by atoms with Gasteiger partial charge in [-0.25, -0.2) is 0 Å². The molecule has 0 radical (unpaired) electrons. The Morgan fingerprint density at radius 1 is 1.11 bits per heavy atom. The number of fused-ring (bicyclic) bond motifs is 1. The minimum atomic E-state index is -0.554. The third kappa shape index (κ3) is 3.94. The molecule has 1 aliphatic heterocycles. The number of carbonyl (C=O) groups is 1. The second-order valence-corrected chi connectivity index (χ2v) is 8.54. The summed E-state index contributed by atoms with van der Waals surface area (Å²) >= 11 is 0. The number of hydrogen-bond donors (Lipinski definition) is 0. The third-order valence-corrected chi connectivity index (χ3v) is 6.36. The lowest BCUT2D eigenvalue weighted by Gasteiger charge is -2.30. The Morgan fingerprint density at radius 2 is 1.89 bits per heavy atom. The Balaban J connectivity index is 1.70. The van der Waals surface area contributed by atoms with E-state index in [4.69, 9.17) is 18.8 Å². The molecule has 186 valence electrons. The summed E-state index contributed by atoms with van der Waals surface area (Å²) in [5.41, 5.74) is 2.67. The highest BCUT2D eigenvalue weighted by Crippen LogP contribution is 2.37. The van der Waals surface area contributed by atoms with E-state index in [1.54, 1.807) is 42.5 Å². The first kappa shape index (κ1) is 23.4. The van der Waals surface area contributed by atoms with Crippen LogP contribution in [0.5, 0.6) is 11.5 Å². The van der Waals surface area contributed by atoms with Crippen molar-refractivity contribution in [3.63, 3.8) is 0 Å². The summed E-state index contributed by atoms with van der Waals surface area (Å²) < 4.78 is 17.5. The zero-order valence-electron chi connectivity index (χ0n) is 20.5. The van der Waals surface area contributed by atoms with Crippen LogP contribution in [-0.2, 0) is 6.61 Å². The largest absolute Gasteiger partial charge is 0.496 e. The van der Waals surface area contributed by atoms with E-state index in [2.05, 4.69) is 10.1 Å². The molecule has 0 bridgehead atoms. The van der Waals surface area contributed by atoms with Crippen molar-refractivity contribution < 1.29 is 23.6 Å². The number of ether oxygens (including phenoxy) is 2. The van der Waals surface area contributed by atoms with Crippen LogP contribution in [-0.4, -0.2) is 53.0 Å². The van der Waals surface area contributed by atoms with Gasteiger partial charge in [0.05, 0.1) is 31.0 Å². The number of rotatable bonds is 7. The van der Waals surface area contributed by atoms with Gasteiger partial charge in [-0.1, -0.05) is 5.16 Å². The Morgan fingerprint density at radius 3 is 2.53 bits per heavy atom. The lowest BCUT2D eigenvalue weighted by Crippen LogP contribution is -2.45. The van der Waals surface area contributed by atoms with Crippen LogP contribution >= 0.6 is 0 Å². The summed E-state index contributed by atoms with van der Waals surface area (Å²) in [5.74, 6) is 1.34. The SMILES string of the molecule is COc1cc2c(cc1-c1c(C)noc1C)cc(C(=O)N1CCC1)c(=O)n2OCc1ncccc1OC. The number of benzene rings is 1. The molecule has 0 spiro atoms. The van der Waals surface area contributed by atoms with Crippen molar-refractivity contribution in [2.75, 3.05) is 27.3 Å². The van der Waals surface area contributed by atoms with Crippen molar-refractivity contribution in [1.29, 1.82) is 0 Å². The minimum Gasteiger partial charge on any atom is -0.496 e. The number of aromatic nitrogens is 3. The quantitative estimate of drug-likeness (QED) is 0.389. The zero-order valence-corrected chi connectivity index (χ0v) is 20.5. The lowest BCUT2D eigenvalue weighted by molar-refractivity contribution is 0.0634. The molecule has 1 aliphatic rings. The molecule has 4 heterocycles. The maximum Gasteiger partial charge on any atom is 0.296 e. The van der Waals surface area contributed by atoms with Gasteiger partial charge in [-0.15, -0.1) is 4.73 Å². The summed E-state index contributed by atoms with van der Waals surface area (Å²) in [6.45, 7) is 4.86. The van der Waals surface area contributed by atoms with Crippen LogP contribution in [0.15, 0.2) is 45.8 Å². The van der Waals surface area contributed by atoms with Crippen LogP contribution in [0.1, 0.15) is 33.9 Å². The molecule has 5 rings (SSSR count). The van der Waals surface area contributed by atoms with Crippen LogP contribution in [0.4, 0.5) is 0 Å². The van der Waals surface area contributed by atoms with Gasteiger partial charge >= 0.3 is 0 Å². The third-order valence-electron chi connectivity index (χ3n) is 6.36. The maximum absolute atomic E-state index is 13.5. The topological polar surface area (TPSA) is 109 Å². The molecule has 1 fully saturated rings. The number of hydrogen-bond acceptors (Lipinski definition) is 8. The van der Waals surface area contributed by atoms with Crippen molar-refractivity contribution in [1.82, 2.24) is 19.8 Å². The second-order valence-electron chi connectivity index (χ2n) is 8.54. The lowest BCUT2D eigenvalue weighted by atomic mass is 9.99. The first-order chi connectivity index (χ1) is 17.4. The summed E-state index contributed by atoms with van der Waals surface area (Å²) in [5, 5.41) is 4.68. The Kier molecular flexibility index (Phi) is 6.09. The van der Waals surface area contributed by atoms with E-state index in [0.29, 0.717) is 52.6 Å². The van der Waals surface area contributed by atoms with Crippen molar-refractivity contribution in [2.45, 2.75) is 26.9 Å². The predicted octanol–water partition coefficient (Wildman–Crippen LogP) is 3.16. The molecule has 1 amide bonds. The maximum atomic E-state index is 13.5. The van der Waals surface area contributed by atoms with Crippen molar-refractivity contribution >= 4 is 16.8 Å². The summed E-state index contributed by atoms with van der Waals surface area (Å²) in [7, 11) is 3.09. The van der Waals surface area contributed by atoms with E-state index in [1.165, 1.54) is 7.11 Å². The number of pyridine rings is 2. The molecule has 4 aromatic rings. The van der Waals surface area contributed by atoms with Gasteiger partial charge in [0.15, 0.2) is 6.61 Å². The van der Waals surface area contributed by atoms with Gasteiger partial charge in [-0.2, -0.15) is 0 Å². The normalized spacial score (nSPS) is 12.9. The van der Waals surface area contributed by atoms with E-state index in [9.17, 15) is 9.59 Å². The average Bonchev–Trinajstić information content (AvgIpc) is 3.18. The Bertz CT molecular complexity index is 1500. The number of nitrogens with zero attached hydrogens (tertiary/aromatic N) is 4. The molecule has 1 aromatic carbocycles. The highest BCUT2D eigenvalue weighted by Gasteiger charge is 2.27. The summed E-state index contributed by atoms with van der Waals surface area (Å²) in [4.78, 5) is 38.6. The van der Waals surface area contributed by atoms with E-state index in [0.717, 1.165) is 22.3 Å². The van der Waals surface area contributed by atoms with Gasteiger partial charge in [0.1, 0.15) is 28.5 Å². The molecule has 0 saturated carbocycles. The zero-order chi connectivity index (χ0) is 25.4. The monoisotopic (exact) mass is 490 g/mol. The van der Waals surface area contributed by atoms with Crippen LogP contribution in [0.2, 0.25) is 0 Å². The fourth-order valence-electron chi connectivity index (χ4n) is 4.36. The molecule has 0 unspecified atom stereocenters. The highest BCUT2D eigenvalue weighted by molar-refractivity contribution is 5.99. The van der Waals surface area contributed by atoms with Crippen LogP contribution in [0, 0.1) is 13.8 Å². The van der Waals surface area contributed by atoms with E-state index in [1.807, 2.05) is 19.9 Å². The summed E-state index contributed by atoms with van der Waals surface area (Å²) in [6, 6.07) is 8.69. The van der Waals surface area contributed by atoms with Crippen LogP contribution in [0.25, 0.3) is 22.0 Å². The molecule has 0 N–H and O–H groups in total. The van der Waals surface area contributed by atoms with E-state index in [-0.39, 0.29) is 18.1 Å². The fraction of sp³-hybridized carbons (Fsp3) is 0.308. The van der Waals surface area contributed by atoms with Crippen LogP contribution < -0.4 is 19.9 Å². The van der Waals surface area contributed by atoms with Crippen molar-refractivity contribution in [3.05, 3.63) is 69.6 Å². The smallest absolute Gasteiger partial charge is 0.296 e. The molecular weight excluding hydrogens is 464 g/mol. The predicted molar refractivity (Wildman–Crippen MR) is 131 cm³/mol. The van der Waals surface area contributed by atoms with Gasteiger partial charge in [0.2, 0.25) is 0 Å². The average molecular weight is 491 g/mol. The van der Waals surface area contributed by atoms with E-state index >= 15 is 0 Å². The molecule has 3 aromatic heterocycles. The summed E-state index contributed by atoms with van der Waals surface area (Å²) in [6.07, 6.45) is 2.53. The van der Waals surface area contributed by atoms with Gasteiger partial charge in [-0.3, -0.25) is 14.6 Å². The number of likely N-dealkylation sites (tertiary alicyclic amines) is 1. The Hall–Kier alpha value is -4.34. The number of carbonyl (C=O) groups excluding carboxylic acids is 1. The molecule has 1 saturated heterocycles. The van der Waals surface area contributed by atoms with Gasteiger partial charge in [0, 0.05) is 36.3 Å². The second kappa shape index (κ2) is 9.37. The van der Waals surface area contributed by atoms with Gasteiger partial charge < -0.3 is 23.7 Å². The van der Waals surface area contributed by atoms with Gasteiger partial charge in [-0.05, 0) is 44.5 Å². The molecule has 10 nitrogen and oxygen atoms in total. The van der Waals surface area contributed by atoms with E-state index < -0.39 is 5.56 Å². The molecular formula is C26H26N4O6. The first-order valence-corrected chi connectivity index (χ1v) is 11.5. The first-order valence-electron chi connectivity index (χ1n) is 11.5. The number of methoxy groups -OCH3 is 2. The highest BCUT2D eigenvalue weighted by atomic mass is 16.7. The molecule has 0 atom stereocenters. The van der Waals surface area contributed by atoms with Crippen molar-refractivity contribution in [3.8, 4) is 22.6 Å². The van der Waals surface area contributed by atoms with Gasteiger partial charge in [0.25, 0.3) is 11.5 Å². The standard InChI is InChI=1S/C26H26N4O6/c1-15-24(16(2)36-28-15)18-11-17-12-19(25(31)29-9-6-10-29)26(32)30(21(17)13-23(18)34-4)35-14-20-22(33-3)7-5-8-27-20/h5,7-8,11-13H,6,9-10,14H2,1-4H3. The Labute approximate surface area is 206 Å². The minimum absolute atomic E-state index is 0.0325. The molecule has 0 aliphatic carbocycles. The molecule has 10 heteroatoms. The fourth-order valence-corrected chi connectivity index (χ4v) is 4.36. The number of aryl methyl sites for hydroxylation is 2. The van der Waals surface area contributed by atoms with Crippen molar-refractivity contribution in [2.24, 2.45) is 0 Å².